The van der Waals surface area contributed by atoms with Gasteiger partial charge in [-0.05, 0) is 12.1 Å². The van der Waals surface area contributed by atoms with Gasteiger partial charge >= 0.3 is 6.18 Å². The molecule has 1 N–H and O–H groups in total. The fourth-order valence-electron chi connectivity index (χ4n) is 2.08. The number of alkyl halides is 3. The molecule has 3 rings (SSSR count). The van der Waals surface area contributed by atoms with Crippen LogP contribution in [0.1, 0.15) is 5.56 Å². The number of aromatic amines is 1. The number of nitrogens with zero attached hydrogens (tertiary/aromatic N) is 4. The predicted molar refractivity (Wildman–Crippen MR) is 76.7 cm³/mol. The first-order chi connectivity index (χ1) is 11.4. The highest BCUT2D eigenvalue weighted by atomic mass is 19.4. The Labute approximate surface area is 132 Å². The van der Waals surface area contributed by atoms with Crippen LogP contribution in [0.25, 0.3) is 22.9 Å². The van der Waals surface area contributed by atoms with E-state index in [1.54, 1.807) is 0 Å². The van der Waals surface area contributed by atoms with Crippen molar-refractivity contribution in [3.63, 3.8) is 0 Å². The number of H-pyrrole nitrogens is 1. The summed E-state index contributed by atoms with van der Waals surface area (Å²) in [6.45, 7) is 0. The lowest BCUT2D eigenvalue weighted by Crippen LogP contribution is -2.08. The van der Waals surface area contributed by atoms with Crippen molar-refractivity contribution < 1.29 is 18.1 Å². The van der Waals surface area contributed by atoms with Crippen molar-refractivity contribution in [2.45, 2.75) is 6.18 Å². The lowest BCUT2D eigenvalue weighted by molar-refractivity contribution is -0.384. The molecule has 122 valence electrons. The lowest BCUT2D eigenvalue weighted by Gasteiger charge is -2.08. The van der Waals surface area contributed by atoms with Crippen LogP contribution in [0.5, 0.6) is 0 Å². The van der Waals surface area contributed by atoms with E-state index >= 15 is 0 Å². The van der Waals surface area contributed by atoms with E-state index in [2.05, 4.69) is 20.2 Å². The normalized spacial score (nSPS) is 11.5. The van der Waals surface area contributed by atoms with Crippen molar-refractivity contribution in [1.29, 1.82) is 0 Å². The summed E-state index contributed by atoms with van der Waals surface area (Å²) < 4.78 is 39.1. The van der Waals surface area contributed by atoms with Gasteiger partial charge in [0.15, 0.2) is 5.82 Å². The van der Waals surface area contributed by atoms with Crippen LogP contribution in [-0.4, -0.2) is 25.1 Å². The van der Waals surface area contributed by atoms with E-state index in [-0.39, 0.29) is 17.3 Å². The maximum absolute atomic E-state index is 13.0. The molecule has 2 aromatic heterocycles. The van der Waals surface area contributed by atoms with Crippen LogP contribution in [0, 0.1) is 10.1 Å². The zero-order valence-electron chi connectivity index (χ0n) is 11.8. The number of hydrogen-bond acceptors (Lipinski definition) is 5. The molecule has 2 heterocycles. The first-order valence-corrected chi connectivity index (χ1v) is 6.56. The topological polar surface area (TPSA) is 97.6 Å². The van der Waals surface area contributed by atoms with Gasteiger partial charge in [0.1, 0.15) is 5.69 Å². The number of halogens is 3. The van der Waals surface area contributed by atoms with Gasteiger partial charge in [0.2, 0.25) is 5.82 Å². The third kappa shape index (κ3) is 2.93. The first kappa shape index (κ1) is 15.6. The standard InChI is InChI=1S/C14H8F3N5O2/c15-14(16,17)10-5-2-6-18-11(10)13-19-12(20-21-13)8-3-1-4-9(7-8)22(23)24/h1-7H,(H,19,20,21). The van der Waals surface area contributed by atoms with Crippen molar-refractivity contribution >= 4 is 5.69 Å². The molecular weight excluding hydrogens is 327 g/mol. The van der Waals surface area contributed by atoms with Crippen LogP contribution in [0.2, 0.25) is 0 Å². The van der Waals surface area contributed by atoms with Gasteiger partial charge in [0.05, 0.1) is 10.5 Å². The van der Waals surface area contributed by atoms with E-state index < -0.39 is 22.4 Å². The second-order valence-corrected chi connectivity index (χ2v) is 4.71. The van der Waals surface area contributed by atoms with E-state index in [0.29, 0.717) is 5.56 Å². The summed E-state index contributed by atoms with van der Waals surface area (Å²) in [4.78, 5) is 17.9. The summed E-state index contributed by atoms with van der Waals surface area (Å²) in [6.07, 6.45) is -3.40. The Kier molecular flexibility index (Phi) is 3.72. The third-order valence-electron chi connectivity index (χ3n) is 3.14. The van der Waals surface area contributed by atoms with Gasteiger partial charge in [-0.2, -0.15) is 18.3 Å². The van der Waals surface area contributed by atoms with Gasteiger partial charge in [0.25, 0.3) is 5.69 Å². The molecule has 7 nitrogen and oxygen atoms in total. The molecule has 0 saturated heterocycles. The van der Waals surface area contributed by atoms with Crippen LogP contribution < -0.4 is 0 Å². The van der Waals surface area contributed by atoms with Crippen molar-refractivity contribution in [3.8, 4) is 22.9 Å². The molecule has 0 atom stereocenters. The highest BCUT2D eigenvalue weighted by Gasteiger charge is 2.35. The molecule has 0 radical (unpaired) electrons. The quantitative estimate of drug-likeness (QED) is 0.584. The average molecular weight is 335 g/mol. The minimum absolute atomic E-state index is 0.104. The Morgan fingerprint density at radius 2 is 1.96 bits per heavy atom. The van der Waals surface area contributed by atoms with Gasteiger partial charge in [-0.1, -0.05) is 12.1 Å². The zero-order chi connectivity index (χ0) is 17.3. The van der Waals surface area contributed by atoms with Crippen LogP contribution in [0.15, 0.2) is 42.6 Å². The maximum atomic E-state index is 13.0. The summed E-state index contributed by atoms with van der Waals surface area (Å²) in [6, 6.07) is 7.55. The molecule has 0 amide bonds. The van der Waals surface area contributed by atoms with E-state index in [9.17, 15) is 23.3 Å². The Morgan fingerprint density at radius 1 is 1.17 bits per heavy atom. The number of non-ortho nitro benzene ring substituents is 1. The van der Waals surface area contributed by atoms with Gasteiger partial charge in [-0.15, -0.1) is 0 Å². The number of pyridine rings is 1. The first-order valence-electron chi connectivity index (χ1n) is 6.56. The molecule has 24 heavy (non-hydrogen) atoms. The van der Waals surface area contributed by atoms with E-state index in [1.165, 1.54) is 36.5 Å². The van der Waals surface area contributed by atoms with Crippen LogP contribution >= 0.6 is 0 Å². The molecule has 3 aromatic rings. The molecular formula is C14H8F3N5O2. The Morgan fingerprint density at radius 3 is 2.67 bits per heavy atom. The van der Waals surface area contributed by atoms with E-state index in [4.69, 9.17) is 0 Å². The van der Waals surface area contributed by atoms with E-state index in [0.717, 1.165) is 6.07 Å². The molecule has 0 aliphatic heterocycles. The number of aromatic nitrogens is 4. The summed E-state index contributed by atoms with van der Waals surface area (Å²) in [5, 5.41) is 17.0. The monoisotopic (exact) mass is 335 g/mol. The fraction of sp³-hybridized carbons (Fsp3) is 0.0714. The van der Waals surface area contributed by atoms with Gasteiger partial charge in [0, 0.05) is 23.9 Å². The third-order valence-corrected chi connectivity index (χ3v) is 3.14. The predicted octanol–water partition coefficient (Wildman–Crippen LogP) is 3.46. The molecule has 1 aromatic carbocycles. The summed E-state index contributed by atoms with van der Waals surface area (Å²) in [7, 11) is 0. The van der Waals surface area contributed by atoms with Crippen molar-refractivity contribution in [3.05, 3.63) is 58.3 Å². The van der Waals surface area contributed by atoms with Crippen LogP contribution in [0.3, 0.4) is 0 Å². The number of nitro benzene ring substituents is 1. The SMILES string of the molecule is O=[N+]([O-])c1cccc(-c2nc(-c3ncccc3C(F)(F)F)n[nH]2)c1. The second-order valence-electron chi connectivity index (χ2n) is 4.71. The molecule has 0 fully saturated rings. The molecule has 0 unspecified atom stereocenters. The molecule has 0 bridgehead atoms. The average Bonchev–Trinajstić information content (AvgIpc) is 3.04. The molecule has 10 heteroatoms. The highest BCUT2D eigenvalue weighted by Crippen LogP contribution is 2.34. The number of rotatable bonds is 3. The Balaban J connectivity index is 2.04. The van der Waals surface area contributed by atoms with Crippen LogP contribution in [0.4, 0.5) is 18.9 Å². The minimum atomic E-state index is -4.60. The zero-order valence-corrected chi connectivity index (χ0v) is 11.8. The highest BCUT2D eigenvalue weighted by molar-refractivity contribution is 5.63. The van der Waals surface area contributed by atoms with Gasteiger partial charge in [-0.25, -0.2) is 4.98 Å². The van der Waals surface area contributed by atoms with E-state index in [1.807, 2.05) is 0 Å². The lowest BCUT2D eigenvalue weighted by atomic mass is 10.1. The number of benzene rings is 1. The number of nitro groups is 1. The van der Waals surface area contributed by atoms with Crippen molar-refractivity contribution in [2.75, 3.05) is 0 Å². The maximum Gasteiger partial charge on any atom is 0.418 e. The molecule has 0 saturated carbocycles. The van der Waals surface area contributed by atoms with Gasteiger partial charge in [-0.3, -0.25) is 20.2 Å². The largest absolute Gasteiger partial charge is 0.418 e. The van der Waals surface area contributed by atoms with Gasteiger partial charge < -0.3 is 0 Å². The number of hydrogen-bond donors (Lipinski definition) is 1. The smallest absolute Gasteiger partial charge is 0.259 e. The molecule has 0 aliphatic rings. The summed E-state index contributed by atoms with van der Waals surface area (Å²) in [5.74, 6) is -0.142. The summed E-state index contributed by atoms with van der Waals surface area (Å²) in [5.41, 5.74) is -1.22. The molecule has 0 aliphatic carbocycles. The molecule has 0 spiro atoms. The fourth-order valence-corrected chi connectivity index (χ4v) is 2.08. The summed E-state index contributed by atoms with van der Waals surface area (Å²) >= 11 is 0. The second kappa shape index (κ2) is 5.72. The Bertz CT molecular complexity index is 907. The number of nitrogens with one attached hydrogen (secondary N) is 1. The van der Waals surface area contributed by atoms with Crippen LogP contribution in [-0.2, 0) is 6.18 Å². The van der Waals surface area contributed by atoms with Crippen molar-refractivity contribution in [1.82, 2.24) is 20.2 Å². The minimum Gasteiger partial charge on any atom is -0.259 e. The van der Waals surface area contributed by atoms with Crippen molar-refractivity contribution in [2.24, 2.45) is 0 Å². The Hall–Kier alpha value is -3.30.